The van der Waals surface area contributed by atoms with Gasteiger partial charge in [-0.3, -0.25) is 0 Å². The quantitative estimate of drug-likeness (QED) is 0.856. The average molecular weight is 218 g/mol. The first-order valence-corrected chi connectivity index (χ1v) is 5.04. The van der Waals surface area contributed by atoms with Gasteiger partial charge in [0, 0.05) is 6.07 Å². The monoisotopic (exact) mass is 218 g/mol. The molecule has 1 heterocycles. The number of hydrogen-bond donors (Lipinski definition) is 1. The molecule has 1 N–H and O–H groups in total. The number of ether oxygens (including phenoxy) is 2. The van der Waals surface area contributed by atoms with Crippen molar-refractivity contribution in [3.63, 3.8) is 0 Å². The van der Waals surface area contributed by atoms with Crippen LogP contribution in [0.5, 0.6) is 11.6 Å². The lowest BCUT2D eigenvalue weighted by atomic mass is 10.1. The van der Waals surface area contributed by atoms with E-state index in [1.165, 1.54) is 0 Å². The molecule has 0 aliphatic carbocycles. The van der Waals surface area contributed by atoms with Crippen LogP contribution in [0.2, 0.25) is 0 Å². The molecule has 2 rings (SSSR count). The molecular formula is C12H14N2O2. The molecule has 4 heteroatoms. The predicted octanol–water partition coefficient (Wildman–Crippen LogP) is 2.31. The summed E-state index contributed by atoms with van der Waals surface area (Å²) in [4.78, 5) is 0. The lowest BCUT2D eigenvalue weighted by molar-refractivity contribution is 0.292. The molecule has 84 valence electrons. The number of rotatable bonds is 4. The van der Waals surface area contributed by atoms with Crippen LogP contribution in [0, 0.1) is 6.92 Å². The fourth-order valence-corrected chi connectivity index (χ4v) is 1.51. The Balaban J connectivity index is 2.06. The second-order valence-corrected chi connectivity index (χ2v) is 3.57. The van der Waals surface area contributed by atoms with Gasteiger partial charge in [0.2, 0.25) is 5.88 Å². The zero-order valence-electron chi connectivity index (χ0n) is 9.36. The van der Waals surface area contributed by atoms with Gasteiger partial charge in [-0.2, -0.15) is 5.10 Å². The highest BCUT2D eigenvalue weighted by Gasteiger charge is 2.00. The molecule has 2 aromatic rings. The third-order valence-electron chi connectivity index (χ3n) is 2.22. The first-order valence-electron chi connectivity index (χ1n) is 5.04. The van der Waals surface area contributed by atoms with Gasteiger partial charge < -0.3 is 9.47 Å². The van der Waals surface area contributed by atoms with E-state index in [2.05, 4.69) is 16.3 Å². The Kier molecular flexibility index (Phi) is 3.10. The van der Waals surface area contributed by atoms with E-state index in [0.29, 0.717) is 12.5 Å². The summed E-state index contributed by atoms with van der Waals surface area (Å²) in [7, 11) is 1.66. The molecule has 1 aromatic carbocycles. The zero-order valence-corrected chi connectivity index (χ0v) is 9.36. The Hall–Kier alpha value is -1.97. The van der Waals surface area contributed by atoms with Gasteiger partial charge in [0.25, 0.3) is 0 Å². The Morgan fingerprint density at radius 1 is 1.31 bits per heavy atom. The molecule has 0 amide bonds. The minimum atomic E-state index is 0.500. The minimum Gasteiger partial charge on any atom is -0.497 e. The molecule has 0 saturated heterocycles. The number of methoxy groups -OCH3 is 1. The number of aryl methyl sites for hydroxylation is 1. The SMILES string of the molecule is COc1cc(C)cc(COc2ccn[nH]2)c1. The van der Waals surface area contributed by atoms with E-state index in [1.54, 1.807) is 19.4 Å². The molecule has 0 saturated carbocycles. The van der Waals surface area contributed by atoms with Crippen molar-refractivity contribution in [1.29, 1.82) is 0 Å². The fourth-order valence-electron chi connectivity index (χ4n) is 1.51. The summed E-state index contributed by atoms with van der Waals surface area (Å²) < 4.78 is 10.7. The summed E-state index contributed by atoms with van der Waals surface area (Å²) in [6, 6.07) is 7.80. The van der Waals surface area contributed by atoms with Gasteiger partial charge in [-0.1, -0.05) is 6.07 Å². The average Bonchev–Trinajstić information content (AvgIpc) is 2.78. The van der Waals surface area contributed by atoms with Crippen molar-refractivity contribution >= 4 is 0 Å². The lowest BCUT2D eigenvalue weighted by Gasteiger charge is -2.07. The minimum absolute atomic E-state index is 0.500. The van der Waals surface area contributed by atoms with Crippen LogP contribution in [0.25, 0.3) is 0 Å². The van der Waals surface area contributed by atoms with Crippen molar-refractivity contribution in [2.75, 3.05) is 7.11 Å². The molecule has 1 aromatic heterocycles. The van der Waals surface area contributed by atoms with Crippen molar-refractivity contribution in [3.05, 3.63) is 41.6 Å². The van der Waals surface area contributed by atoms with E-state index in [-0.39, 0.29) is 0 Å². The van der Waals surface area contributed by atoms with Gasteiger partial charge in [0.15, 0.2) is 0 Å². The number of hydrogen-bond acceptors (Lipinski definition) is 3. The van der Waals surface area contributed by atoms with Gasteiger partial charge >= 0.3 is 0 Å². The number of nitrogens with one attached hydrogen (secondary N) is 1. The van der Waals surface area contributed by atoms with E-state index in [9.17, 15) is 0 Å². The number of benzene rings is 1. The maximum Gasteiger partial charge on any atom is 0.209 e. The summed E-state index contributed by atoms with van der Waals surface area (Å²) in [5.74, 6) is 1.52. The number of aromatic nitrogens is 2. The Labute approximate surface area is 94.2 Å². The largest absolute Gasteiger partial charge is 0.497 e. The lowest BCUT2D eigenvalue weighted by Crippen LogP contribution is -1.97. The second-order valence-electron chi connectivity index (χ2n) is 3.57. The number of H-pyrrole nitrogens is 1. The molecule has 0 bridgehead atoms. The Morgan fingerprint density at radius 2 is 2.19 bits per heavy atom. The van der Waals surface area contributed by atoms with Crippen LogP contribution in [0.4, 0.5) is 0 Å². The Morgan fingerprint density at radius 3 is 2.88 bits per heavy atom. The first kappa shape index (κ1) is 10.5. The first-order chi connectivity index (χ1) is 7.78. The van der Waals surface area contributed by atoms with Gasteiger partial charge in [0.05, 0.1) is 13.3 Å². The molecule has 0 spiro atoms. The van der Waals surface area contributed by atoms with Crippen LogP contribution in [-0.4, -0.2) is 17.3 Å². The third kappa shape index (κ3) is 2.53. The van der Waals surface area contributed by atoms with Crippen LogP contribution < -0.4 is 9.47 Å². The van der Waals surface area contributed by atoms with Crippen molar-refractivity contribution in [1.82, 2.24) is 10.2 Å². The number of nitrogens with zero attached hydrogens (tertiary/aromatic N) is 1. The van der Waals surface area contributed by atoms with Crippen LogP contribution >= 0.6 is 0 Å². The summed E-state index contributed by atoms with van der Waals surface area (Å²) in [6.45, 7) is 2.53. The molecule has 0 atom stereocenters. The maximum atomic E-state index is 5.51. The topological polar surface area (TPSA) is 47.1 Å². The summed E-state index contributed by atoms with van der Waals surface area (Å²) >= 11 is 0. The zero-order chi connectivity index (χ0) is 11.4. The van der Waals surface area contributed by atoms with E-state index in [1.807, 2.05) is 19.1 Å². The molecule has 0 radical (unpaired) electrons. The molecule has 4 nitrogen and oxygen atoms in total. The fraction of sp³-hybridized carbons (Fsp3) is 0.250. The van der Waals surface area contributed by atoms with Crippen LogP contribution in [-0.2, 0) is 6.61 Å². The highest BCUT2D eigenvalue weighted by molar-refractivity contribution is 5.33. The second kappa shape index (κ2) is 4.70. The maximum absolute atomic E-state index is 5.51. The molecule has 0 unspecified atom stereocenters. The summed E-state index contributed by atoms with van der Waals surface area (Å²) in [6.07, 6.45) is 1.66. The van der Waals surface area contributed by atoms with Crippen molar-refractivity contribution in [2.24, 2.45) is 0 Å². The number of aromatic amines is 1. The van der Waals surface area contributed by atoms with Crippen LogP contribution in [0.15, 0.2) is 30.5 Å². The van der Waals surface area contributed by atoms with Gasteiger partial charge in [-0.05, 0) is 30.2 Å². The predicted molar refractivity (Wildman–Crippen MR) is 60.7 cm³/mol. The highest BCUT2D eigenvalue weighted by Crippen LogP contribution is 2.17. The van der Waals surface area contributed by atoms with Gasteiger partial charge in [0.1, 0.15) is 12.4 Å². The Bertz CT molecular complexity index is 452. The molecule has 0 aliphatic rings. The summed E-state index contributed by atoms with van der Waals surface area (Å²) in [5, 5.41) is 6.56. The molecule has 16 heavy (non-hydrogen) atoms. The molecular weight excluding hydrogens is 204 g/mol. The van der Waals surface area contributed by atoms with Crippen molar-refractivity contribution < 1.29 is 9.47 Å². The van der Waals surface area contributed by atoms with Gasteiger partial charge in [-0.25, -0.2) is 5.10 Å². The standard InChI is InChI=1S/C12H14N2O2/c1-9-5-10(7-11(6-9)15-2)8-16-12-3-4-13-14-12/h3-7H,8H2,1-2H3,(H,13,14). The van der Waals surface area contributed by atoms with Crippen molar-refractivity contribution in [3.8, 4) is 11.6 Å². The van der Waals surface area contributed by atoms with Crippen molar-refractivity contribution in [2.45, 2.75) is 13.5 Å². The van der Waals surface area contributed by atoms with E-state index in [4.69, 9.17) is 9.47 Å². The van der Waals surface area contributed by atoms with E-state index < -0.39 is 0 Å². The van der Waals surface area contributed by atoms with Crippen LogP contribution in [0.1, 0.15) is 11.1 Å². The normalized spacial score (nSPS) is 10.1. The molecule has 0 aliphatic heterocycles. The highest BCUT2D eigenvalue weighted by atomic mass is 16.5. The smallest absolute Gasteiger partial charge is 0.209 e. The molecule has 0 fully saturated rings. The summed E-state index contributed by atoms with van der Waals surface area (Å²) in [5.41, 5.74) is 2.23. The van der Waals surface area contributed by atoms with Gasteiger partial charge in [-0.15, -0.1) is 0 Å². The van der Waals surface area contributed by atoms with Crippen LogP contribution in [0.3, 0.4) is 0 Å². The third-order valence-corrected chi connectivity index (χ3v) is 2.22. The van der Waals surface area contributed by atoms with E-state index >= 15 is 0 Å². The van der Waals surface area contributed by atoms with E-state index in [0.717, 1.165) is 16.9 Å².